The van der Waals surface area contributed by atoms with Crippen LogP contribution in [0.25, 0.3) is 11.0 Å². The minimum absolute atomic E-state index is 0.156. The Hall–Kier alpha value is -0.950. The third-order valence-electron chi connectivity index (χ3n) is 4.88. The van der Waals surface area contributed by atoms with Crippen LogP contribution in [0.5, 0.6) is 0 Å². The molecule has 0 spiro atoms. The molecule has 3 rings (SSSR count). The molecule has 0 saturated carbocycles. The molecule has 7 heteroatoms. The van der Waals surface area contributed by atoms with E-state index >= 15 is 0 Å². The number of H-pyrrole nitrogens is 1. The number of piperazine rings is 1. The number of hydrogen-bond donors (Lipinski definition) is 2. The predicted molar refractivity (Wildman–Crippen MR) is 107 cm³/mol. The van der Waals surface area contributed by atoms with E-state index in [1.54, 1.807) is 11.8 Å². The van der Waals surface area contributed by atoms with Crippen LogP contribution in [0.1, 0.15) is 27.2 Å². The van der Waals surface area contributed by atoms with Crippen molar-refractivity contribution in [3.8, 4) is 0 Å². The number of aliphatic hydroxyl groups is 1. The van der Waals surface area contributed by atoms with Crippen LogP contribution in [0.3, 0.4) is 0 Å². The number of aromatic amines is 1. The van der Waals surface area contributed by atoms with E-state index in [2.05, 4.69) is 41.6 Å². The number of aliphatic hydroxyl groups excluding tert-OH is 1. The van der Waals surface area contributed by atoms with Gasteiger partial charge in [0.25, 0.3) is 0 Å². The number of benzene rings is 1. The summed E-state index contributed by atoms with van der Waals surface area (Å²) >= 11 is 8.32. The van der Waals surface area contributed by atoms with Crippen molar-refractivity contribution in [2.75, 3.05) is 44.2 Å². The quantitative estimate of drug-likeness (QED) is 0.747. The zero-order valence-electron chi connectivity index (χ0n) is 15.2. The van der Waals surface area contributed by atoms with Gasteiger partial charge in [0.15, 0.2) is 5.16 Å². The van der Waals surface area contributed by atoms with E-state index in [1.807, 2.05) is 6.07 Å². The third-order valence-corrected chi connectivity index (χ3v) is 6.41. The number of aromatic nitrogens is 2. The molecular formula is C18H27ClN4OS. The number of fused-ring (bicyclic) bond motifs is 1. The second-order valence-corrected chi connectivity index (χ2v) is 9.23. The Labute approximate surface area is 158 Å². The normalized spacial score (nSPS) is 16.8. The number of halogens is 1. The summed E-state index contributed by atoms with van der Waals surface area (Å²) in [4.78, 5) is 12.7. The fourth-order valence-corrected chi connectivity index (χ4v) is 4.23. The van der Waals surface area contributed by atoms with Crippen molar-refractivity contribution in [1.29, 1.82) is 0 Å². The van der Waals surface area contributed by atoms with E-state index in [-0.39, 0.29) is 11.4 Å². The highest BCUT2D eigenvalue weighted by molar-refractivity contribution is 8.00. The molecule has 1 aromatic heterocycles. The van der Waals surface area contributed by atoms with Crippen molar-refractivity contribution in [2.24, 2.45) is 0 Å². The van der Waals surface area contributed by atoms with Crippen molar-refractivity contribution in [3.05, 3.63) is 17.2 Å². The molecule has 1 saturated heterocycles. The van der Waals surface area contributed by atoms with E-state index < -0.39 is 0 Å². The van der Waals surface area contributed by atoms with Crippen molar-refractivity contribution >= 4 is 40.1 Å². The number of imidazole rings is 1. The number of nitrogens with zero attached hydrogens (tertiary/aromatic N) is 3. The lowest BCUT2D eigenvalue weighted by Crippen LogP contribution is -2.47. The summed E-state index contributed by atoms with van der Waals surface area (Å²) < 4.78 is 0.156. The molecule has 0 aliphatic carbocycles. The summed E-state index contributed by atoms with van der Waals surface area (Å²) in [5.74, 6) is 0. The Balaban J connectivity index is 1.79. The number of hydrogen-bond acceptors (Lipinski definition) is 5. The first-order valence-corrected chi connectivity index (χ1v) is 10.1. The predicted octanol–water partition coefficient (Wildman–Crippen LogP) is 3.61. The highest BCUT2D eigenvalue weighted by Gasteiger charge is 2.22. The number of anilines is 1. The lowest BCUT2D eigenvalue weighted by atomic mass is 10.1. The van der Waals surface area contributed by atoms with Gasteiger partial charge in [-0.25, -0.2) is 4.98 Å². The number of nitrogens with one attached hydrogen (secondary N) is 1. The van der Waals surface area contributed by atoms with Crippen molar-refractivity contribution in [3.63, 3.8) is 0 Å². The van der Waals surface area contributed by atoms with E-state index in [0.29, 0.717) is 0 Å². The number of β-amino-alcohol motifs (C(OH)–C–C–N with tert-alkyl or cyclic N) is 1. The van der Waals surface area contributed by atoms with Gasteiger partial charge in [0, 0.05) is 37.5 Å². The van der Waals surface area contributed by atoms with Gasteiger partial charge in [0.2, 0.25) is 0 Å². The van der Waals surface area contributed by atoms with Gasteiger partial charge in [0.1, 0.15) is 0 Å². The van der Waals surface area contributed by atoms with Gasteiger partial charge >= 0.3 is 0 Å². The first-order chi connectivity index (χ1) is 11.9. The summed E-state index contributed by atoms with van der Waals surface area (Å²) in [6.07, 6.45) is 1.08. The zero-order chi connectivity index (χ0) is 18.0. The van der Waals surface area contributed by atoms with Crippen LogP contribution in [0.2, 0.25) is 5.02 Å². The summed E-state index contributed by atoms with van der Waals surface area (Å²) in [6.45, 7) is 11.3. The Morgan fingerprint density at radius 2 is 2.00 bits per heavy atom. The highest BCUT2D eigenvalue weighted by atomic mass is 35.5. The second-order valence-electron chi connectivity index (χ2n) is 7.13. The molecule has 1 fully saturated rings. The van der Waals surface area contributed by atoms with E-state index in [9.17, 15) is 0 Å². The summed E-state index contributed by atoms with van der Waals surface area (Å²) in [6, 6.07) is 4.08. The summed E-state index contributed by atoms with van der Waals surface area (Å²) in [5, 5.41) is 10.8. The van der Waals surface area contributed by atoms with Crippen LogP contribution in [0, 0.1) is 0 Å². The molecule has 0 amide bonds. The van der Waals surface area contributed by atoms with E-state index in [4.69, 9.17) is 21.7 Å². The van der Waals surface area contributed by atoms with Gasteiger partial charge < -0.3 is 15.0 Å². The molecule has 1 aliphatic rings. The maximum atomic E-state index is 9.07. The lowest BCUT2D eigenvalue weighted by molar-refractivity contribution is 0.189. The van der Waals surface area contributed by atoms with Crippen molar-refractivity contribution < 1.29 is 5.11 Å². The van der Waals surface area contributed by atoms with Crippen LogP contribution >= 0.6 is 23.4 Å². The molecule has 2 aromatic rings. The van der Waals surface area contributed by atoms with Crippen molar-refractivity contribution in [2.45, 2.75) is 37.1 Å². The molecule has 1 aliphatic heterocycles. The Kier molecular flexibility index (Phi) is 5.83. The highest BCUT2D eigenvalue weighted by Crippen LogP contribution is 2.36. The first kappa shape index (κ1) is 18.8. The molecule has 5 nitrogen and oxygen atoms in total. The van der Waals surface area contributed by atoms with Gasteiger partial charge in [-0.1, -0.05) is 44.1 Å². The minimum Gasteiger partial charge on any atom is -0.395 e. The van der Waals surface area contributed by atoms with E-state index in [1.165, 1.54) is 0 Å². The van der Waals surface area contributed by atoms with Gasteiger partial charge in [-0.05, 0) is 18.6 Å². The van der Waals surface area contributed by atoms with Crippen molar-refractivity contribution in [1.82, 2.24) is 14.9 Å². The molecule has 0 radical (unpaired) electrons. The Bertz CT molecular complexity index is 725. The standard InChI is InChI=1S/C18H27ClN4OS/c1-4-18(2,3)25-17-20-14-11-13(19)16(12-15(14)21-17)23-7-5-22(6-8-23)9-10-24/h11-12,24H,4-10H2,1-3H3,(H,20,21). The fourth-order valence-electron chi connectivity index (χ4n) is 2.97. The van der Waals surface area contributed by atoms with Gasteiger partial charge in [-0.2, -0.15) is 0 Å². The topological polar surface area (TPSA) is 55.4 Å². The maximum absolute atomic E-state index is 9.07. The summed E-state index contributed by atoms with van der Waals surface area (Å²) in [7, 11) is 0. The van der Waals surface area contributed by atoms with Crippen LogP contribution in [-0.4, -0.2) is 64.1 Å². The SMILES string of the molecule is CCC(C)(C)Sc1nc2cc(N3CCN(CCO)CC3)c(Cl)cc2[nH]1. The zero-order valence-corrected chi connectivity index (χ0v) is 16.8. The first-order valence-electron chi connectivity index (χ1n) is 8.88. The molecular weight excluding hydrogens is 356 g/mol. The van der Waals surface area contributed by atoms with Gasteiger partial charge in [-0.15, -0.1) is 0 Å². The average molecular weight is 383 g/mol. The largest absolute Gasteiger partial charge is 0.395 e. The smallest absolute Gasteiger partial charge is 0.166 e. The van der Waals surface area contributed by atoms with Crippen LogP contribution in [0.15, 0.2) is 17.3 Å². The fraction of sp³-hybridized carbons (Fsp3) is 0.611. The second kappa shape index (κ2) is 7.74. The Morgan fingerprint density at radius 1 is 1.28 bits per heavy atom. The van der Waals surface area contributed by atoms with Gasteiger partial charge in [0.05, 0.1) is 28.4 Å². The maximum Gasteiger partial charge on any atom is 0.166 e. The molecule has 138 valence electrons. The molecule has 2 N–H and O–H groups in total. The number of rotatable bonds is 6. The third kappa shape index (κ3) is 4.42. The lowest BCUT2D eigenvalue weighted by Gasteiger charge is -2.36. The monoisotopic (exact) mass is 382 g/mol. The minimum atomic E-state index is 0.156. The molecule has 1 aromatic carbocycles. The van der Waals surface area contributed by atoms with Crippen LogP contribution < -0.4 is 4.90 Å². The molecule has 0 unspecified atom stereocenters. The molecule has 0 bridgehead atoms. The summed E-state index contributed by atoms with van der Waals surface area (Å²) in [5.41, 5.74) is 3.00. The average Bonchev–Trinajstić information content (AvgIpc) is 2.95. The molecule has 2 heterocycles. The molecule has 25 heavy (non-hydrogen) atoms. The van der Waals surface area contributed by atoms with Gasteiger partial charge in [-0.3, -0.25) is 4.90 Å². The van der Waals surface area contributed by atoms with E-state index in [0.717, 1.165) is 66.0 Å². The molecule has 0 atom stereocenters. The number of thioether (sulfide) groups is 1. The Morgan fingerprint density at radius 3 is 2.64 bits per heavy atom. The van der Waals surface area contributed by atoms with Crippen LogP contribution in [-0.2, 0) is 0 Å². The van der Waals surface area contributed by atoms with Crippen LogP contribution in [0.4, 0.5) is 5.69 Å².